The van der Waals surface area contributed by atoms with E-state index in [0.29, 0.717) is 30.1 Å². The van der Waals surface area contributed by atoms with Crippen molar-refractivity contribution in [2.75, 3.05) is 45.7 Å². The van der Waals surface area contributed by atoms with Crippen molar-refractivity contribution in [1.29, 1.82) is 0 Å². The molecule has 2 amide bonds. The van der Waals surface area contributed by atoms with Gasteiger partial charge in [0.25, 0.3) is 5.91 Å². The molecule has 1 aromatic carbocycles. The number of hydrogen-bond acceptors (Lipinski definition) is 6. The van der Waals surface area contributed by atoms with Gasteiger partial charge in [0.05, 0.1) is 23.5 Å². The van der Waals surface area contributed by atoms with Crippen LogP contribution in [-0.4, -0.2) is 66.9 Å². The summed E-state index contributed by atoms with van der Waals surface area (Å²) < 4.78 is 5.33. The first kappa shape index (κ1) is 20.0. The molecule has 0 spiro atoms. The highest BCUT2D eigenvalue weighted by molar-refractivity contribution is 7.09. The summed E-state index contributed by atoms with van der Waals surface area (Å²) >= 11 is 1.53. The normalized spacial score (nSPS) is 15.0. The fourth-order valence-electron chi connectivity index (χ4n) is 2.92. The zero-order valence-corrected chi connectivity index (χ0v) is 17.1. The van der Waals surface area contributed by atoms with Gasteiger partial charge in [-0.2, -0.15) is 0 Å². The van der Waals surface area contributed by atoms with Crippen LogP contribution >= 0.6 is 11.3 Å². The quantitative estimate of drug-likeness (QED) is 0.781. The van der Waals surface area contributed by atoms with Crippen LogP contribution in [0.15, 0.2) is 29.7 Å². The van der Waals surface area contributed by atoms with Crippen LogP contribution in [-0.2, 0) is 4.79 Å². The third kappa shape index (κ3) is 4.96. The molecule has 0 bridgehead atoms. The van der Waals surface area contributed by atoms with Gasteiger partial charge in [-0.25, -0.2) is 4.98 Å². The monoisotopic (exact) mass is 400 g/mol. The second kappa shape index (κ2) is 8.99. The van der Waals surface area contributed by atoms with Gasteiger partial charge < -0.3 is 19.9 Å². The Morgan fingerprint density at radius 1 is 1.25 bits per heavy atom. The average molecular weight is 401 g/mol. The molecule has 0 saturated carbocycles. The number of thiazole rings is 1. The number of carbonyl (C=O) groups excluding carboxylic acids is 2. The third-order valence-corrected chi connectivity index (χ3v) is 5.33. The Bertz CT molecular complexity index is 885. The smallest absolute Gasteiger partial charge is 0.254 e. The molecule has 3 rings (SSSR count). The third-order valence-electron chi connectivity index (χ3n) is 4.54. The first-order valence-corrected chi connectivity index (χ1v) is 9.91. The molecule has 0 unspecified atom stereocenters. The number of amides is 2. The molecule has 1 aromatic heterocycles. The van der Waals surface area contributed by atoms with Crippen LogP contribution in [0, 0.1) is 6.92 Å². The van der Waals surface area contributed by atoms with Crippen LogP contribution in [0.5, 0.6) is 5.75 Å². The van der Waals surface area contributed by atoms with Crippen molar-refractivity contribution >= 4 is 34.9 Å². The lowest BCUT2D eigenvalue weighted by Crippen LogP contribution is -2.47. The zero-order valence-electron chi connectivity index (χ0n) is 16.3. The molecule has 0 radical (unpaired) electrons. The summed E-state index contributed by atoms with van der Waals surface area (Å²) in [7, 11) is 3.57. The molecule has 28 heavy (non-hydrogen) atoms. The zero-order chi connectivity index (χ0) is 20.1. The van der Waals surface area contributed by atoms with Gasteiger partial charge >= 0.3 is 0 Å². The molecule has 2 heterocycles. The molecular weight excluding hydrogens is 376 g/mol. The lowest BCUT2D eigenvalue weighted by atomic mass is 10.1. The maximum absolute atomic E-state index is 12.8. The lowest BCUT2D eigenvalue weighted by Gasteiger charge is -2.32. The van der Waals surface area contributed by atoms with Crippen LogP contribution in [0.3, 0.4) is 0 Å². The number of nitrogens with one attached hydrogen (secondary N) is 1. The number of piperazine rings is 1. The molecule has 0 atom stereocenters. The summed E-state index contributed by atoms with van der Waals surface area (Å²) in [5, 5.41) is 5.62. The predicted molar refractivity (Wildman–Crippen MR) is 111 cm³/mol. The predicted octanol–water partition coefficient (Wildman–Crippen LogP) is 2.50. The number of aryl methyl sites for hydroxylation is 1. The van der Waals surface area contributed by atoms with Gasteiger partial charge in [0, 0.05) is 43.2 Å². The van der Waals surface area contributed by atoms with Gasteiger partial charge in [0.2, 0.25) is 5.91 Å². The van der Waals surface area contributed by atoms with Crippen molar-refractivity contribution in [3.63, 3.8) is 0 Å². The lowest BCUT2D eigenvalue weighted by molar-refractivity contribution is -0.111. The summed E-state index contributed by atoms with van der Waals surface area (Å²) in [6.45, 7) is 5.01. The number of likely N-dealkylation sites (N-methyl/N-ethyl adjacent to an activating group) is 1. The SMILES string of the molecule is COc1ccc(C(=O)N2CCN(C)CC2)cc1NC(=O)/C=C/c1csc(C)n1. The number of anilines is 1. The summed E-state index contributed by atoms with van der Waals surface area (Å²) in [5.41, 5.74) is 1.73. The van der Waals surface area contributed by atoms with Gasteiger partial charge in [-0.1, -0.05) is 0 Å². The van der Waals surface area contributed by atoms with E-state index in [1.165, 1.54) is 24.5 Å². The van der Waals surface area contributed by atoms with E-state index in [9.17, 15) is 9.59 Å². The number of methoxy groups -OCH3 is 1. The molecule has 1 aliphatic rings. The van der Waals surface area contributed by atoms with Crippen LogP contribution in [0.25, 0.3) is 6.08 Å². The maximum atomic E-state index is 12.8. The van der Waals surface area contributed by atoms with Crippen LogP contribution in [0.1, 0.15) is 21.1 Å². The van der Waals surface area contributed by atoms with Crippen LogP contribution in [0.2, 0.25) is 0 Å². The summed E-state index contributed by atoms with van der Waals surface area (Å²) in [6, 6.07) is 5.09. The van der Waals surface area contributed by atoms with E-state index in [2.05, 4.69) is 15.2 Å². The average Bonchev–Trinajstić information content (AvgIpc) is 3.11. The topological polar surface area (TPSA) is 74.8 Å². The molecule has 1 saturated heterocycles. The van der Waals surface area contributed by atoms with E-state index in [0.717, 1.165) is 23.8 Å². The minimum absolute atomic E-state index is 0.0419. The number of carbonyl (C=O) groups is 2. The number of nitrogens with zero attached hydrogens (tertiary/aromatic N) is 3. The number of rotatable bonds is 5. The highest BCUT2D eigenvalue weighted by Crippen LogP contribution is 2.26. The highest BCUT2D eigenvalue weighted by Gasteiger charge is 2.21. The molecule has 148 valence electrons. The first-order chi connectivity index (χ1) is 13.5. The van der Waals surface area contributed by atoms with Crippen molar-refractivity contribution in [2.24, 2.45) is 0 Å². The minimum atomic E-state index is -0.312. The molecule has 8 heteroatoms. The van der Waals surface area contributed by atoms with Crippen LogP contribution in [0.4, 0.5) is 5.69 Å². The Hall–Kier alpha value is -2.71. The van der Waals surface area contributed by atoms with E-state index in [1.807, 2.05) is 24.3 Å². The van der Waals surface area contributed by atoms with Crippen molar-refractivity contribution in [3.05, 3.63) is 45.9 Å². The second-order valence-electron chi connectivity index (χ2n) is 6.62. The molecule has 0 aliphatic carbocycles. The second-order valence-corrected chi connectivity index (χ2v) is 7.69. The maximum Gasteiger partial charge on any atom is 0.254 e. The van der Waals surface area contributed by atoms with E-state index in [-0.39, 0.29) is 11.8 Å². The molecule has 1 N–H and O–H groups in total. The highest BCUT2D eigenvalue weighted by atomic mass is 32.1. The van der Waals surface area contributed by atoms with E-state index >= 15 is 0 Å². The molecule has 1 aliphatic heterocycles. The van der Waals surface area contributed by atoms with Crippen molar-refractivity contribution < 1.29 is 14.3 Å². The van der Waals surface area contributed by atoms with E-state index in [4.69, 9.17) is 4.74 Å². The van der Waals surface area contributed by atoms with Crippen molar-refractivity contribution in [3.8, 4) is 5.75 Å². The number of benzene rings is 1. The van der Waals surface area contributed by atoms with Gasteiger partial charge in [0.1, 0.15) is 5.75 Å². The van der Waals surface area contributed by atoms with Gasteiger partial charge in [-0.3, -0.25) is 9.59 Å². The van der Waals surface area contributed by atoms with Crippen molar-refractivity contribution in [1.82, 2.24) is 14.8 Å². The molecule has 7 nitrogen and oxygen atoms in total. The molecular formula is C20H24N4O3S. The number of aromatic nitrogens is 1. The summed E-state index contributed by atoms with van der Waals surface area (Å²) in [5.74, 6) is 0.147. The van der Waals surface area contributed by atoms with Gasteiger partial charge in [-0.15, -0.1) is 11.3 Å². The standard InChI is InChI=1S/C20H24N4O3S/c1-14-21-16(13-28-14)5-7-19(25)22-17-12-15(4-6-18(17)27-3)20(26)24-10-8-23(2)9-11-24/h4-7,12-13H,8-11H2,1-3H3,(H,22,25)/b7-5+. The fourth-order valence-corrected chi connectivity index (χ4v) is 3.50. The van der Waals surface area contributed by atoms with E-state index < -0.39 is 0 Å². The Balaban J connectivity index is 1.72. The fraction of sp³-hybridized carbons (Fsp3) is 0.350. The molecule has 2 aromatic rings. The largest absolute Gasteiger partial charge is 0.495 e. The van der Waals surface area contributed by atoms with Gasteiger partial charge in [0.15, 0.2) is 0 Å². The van der Waals surface area contributed by atoms with Gasteiger partial charge in [-0.05, 0) is 38.2 Å². The summed E-state index contributed by atoms with van der Waals surface area (Å²) in [4.78, 5) is 33.4. The Morgan fingerprint density at radius 3 is 2.64 bits per heavy atom. The van der Waals surface area contributed by atoms with E-state index in [1.54, 1.807) is 24.3 Å². The minimum Gasteiger partial charge on any atom is -0.495 e. The molecule has 1 fully saturated rings. The Labute approximate surface area is 168 Å². The first-order valence-electron chi connectivity index (χ1n) is 9.03. The van der Waals surface area contributed by atoms with Crippen LogP contribution < -0.4 is 10.1 Å². The summed E-state index contributed by atoms with van der Waals surface area (Å²) in [6.07, 6.45) is 3.08. The Morgan fingerprint density at radius 2 is 2.00 bits per heavy atom. The number of hydrogen-bond donors (Lipinski definition) is 1. The number of ether oxygens (including phenoxy) is 1. The van der Waals surface area contributed by atoms with Crippen molar-refractivity contribution in [2.45, 2.75) is 6.92 Å². The Kier molecular flexibility index (Phi) is 6.43.